The fourth-order valence-electron chi connectivity index (χ4n) is 15.4. The van der Waals surface area contributed by atoms with Crippen molar-refractivity contribution in [3.63, 3.8) is 0 Å². The van der Waals surface area contributed by atoms with E-state index in [0.717, 1.165) is 52.1 Å². The molecular formula is C68H51N3. The second-order valence-electron chi connectivity index (χ2n) is 21.3. The van der Waals surface area contributed by atoms with Gasteiger partial charge in [0.25, 0.3) is 0 Å². The lowest BCUT2D eigenvalue weighted by Crippen LogP contribution is -2.55. The molecule has 3 nitrogen and oxygen atoms in total. The minimum Gasteiger partial charge on any atom is -0.310 e. The van der Waals surface area contributed by atoms with Crippen LogP contribution < -0.4 is 9.80 Å². The summed E-state index contributed by atoms with van der Waals surface area (Å²) in [6.45, 7) is 0. The predicted octanol–water partition coefficient (Wildman–Crippen LogP) is 18.3. The molecule has 0 amide bonds. The van der Waals surface area contributed by atoms with Gasteiger partial charge in [-0.2, -0.15) is 0 Å². The summed E-state index contributed by atoms with van der Waals surface area (Å²) in [6.07, 6.45) is 7.03. The fourth-order valence-corrected chi connectivity index (χ4v) is 15.4. The maximum absolute atomic E-state index is 2.57. The third-order valence-corrected chi connectivity index (χ3v) is 17.9. The number of hydrogen-bond acceptors (Lipinski definition) is 2. The van der Waals surface area contributed by atoms with Crippen LogP contribution in [-0.2, 0) is 5.41 Å². The molecule has 0 aliphatic heterocycles. The molecule has 0 N–H and O–H groups in total. The summed E-state index contributed by atoms with van der Waals surface area (Å²) >= 11 is 0. The summed E-state index contributed by atoms with van der Waals surface area (Å²) in [4.78, 5) is 5.00. The van der Waals surface area contributed by atoms with E-state index in [2.05, 4.69) is 239 Å². The number of aromatic nitrogens is 1. The first kappa shape index (κ1) is 39.7. The normalized spacial score (nSPS) is 20.7. The van der Waals surface area contributed by atoms with Crippen LogP contribution in [0, 0.1) is 23.7 Å². The van der Waals surface area contributed by atoms with Gasteiger partial charge in [0.05, 0.1) is 22.4 Å². The number of hydrogen-bond donors (Lipinski definition) is 0. The standard InChI is InChI=1S/C68H51N3/c1-4-14-49(15-5-1)69(52-28-32-61-58(41-52)54-20-10-12-22-60(54)68(61)47-37-43-36-44(39-47)40-48(68)38-43)63-33-26-45-25-31-57-64(34-27-46-24-30-56(63)66(45)67(46)57)70(50-16-6-2-7-17-50)53-29-35-65-59(42-53)55-21-11-13-23-62(55)71(65)51-18-8-3-9-19-51/h1-35,41-44,47-48H,36-40H2. The topological polar surface area (TPSA) is 11.4 Å². The molecule has 5 aliphatic rings. The van der Waals surface area contributed by atoms with E-state index in [4.69, 9.17) is 0 Å². The lowest BCUT2D eigenvalue weighted by Gasteiger charge is -2.61. The average molecular weight is 910 g/mol. The lowest BCUT2D eigenvalue weighted by atomic mass is 9.43. The highest BCUT2D eigenvalue weighted by Gasteiger charge is 2.61. The SMILES string of the molecule is c1ccc(N(c2ccc3c(c2)-c2ccccc2C32C3CC4CC(C3)CC2C4)c2ccc3ccc4c(N(c5ccccc5)c5ccc6c(c5)c5ccccc5n6-c5ccccc5)ccc5ccc2c3c54)cc1. The molecule has 0 atom stereocenters. The molecule has 4 saturated carbocycles. The van der Waals surface area contributed by atoms with E-state index in [0.29, 0.717) is 0 Å². The highest BCUT2D eigenvalue weighted by atomic mass is 15.2. The number of anilines is 6. The average Bonchev–Trinajstić information content (AvgIpc) is 3.92. The van der Waals surface area contributed by atoms with Gasteiger partial charge in [-0.15, -0.1) is 0 Å². The Labute approximate surface area is 414 Å². The number of fused-ring (bicyclic) bond motifs is 6. The highest BCUT2D eigenvalue weighted by Crippen LogP contribution is 2.69. The molecular weight excluding hydrogens is 859 g/mol. The largest absolute Gasteiger partial charge is 0.310 e. The number of para-hydroxylation sites is 4. The molecule has 12 aromatic rings. The number of rotatable bonds is 7. The van der Waals surface area contributed by atoms with Gasteiger partial charge >= 0.3 is 0 Å². The minimum atomic E-state index is 0.139. The molecule has 17 rings (SSSR count). The molecule has 1 heterocycles. The predicted molar refractivity (Wildman–Crippen MR) is 297 cm³/mol. The van der Waals surface area contributed by atoms with Gasteiger partial charge in [-0.1, -0.05) is 140 Å². The summed E-state index contributed by atoms with van der Waals surface area (Å²) in [5.41, 5.74) is 16.8. The molecule has 1 spiro atoms. The molecule has 11 aromatic carbocycles. The van der Waals surface area contributed by atoms with Crippen molar-refractivity contribution in [2.45, 2.75) is 37.5 Å². The maximum Gasteiger partial charge on any atom is 0.0542 e. The lowest BCUT2D eigenvalue weighted by molar-refractivity contribution is -0.0399. The van der Waals surface area contributed by atoms with E-state index < -0.39 is 0 Å². The third kappa shape index (κ3) is 5.55. The number of benzene rings is 11. The molecule has 0 unspecified atom stereocenters. The van der Waals surface area contributed by atoms with E-state index in [1.165, 1.54) is 109 Å². The van der Waals surface area contributed by atoms with Gasteiger partial charge in [0.15, 0.2) is 0 Å². The van der Waals surface area contributed by atoms with Crippen molar-refractivity contribution in [1.29, 1.82) is 0 Å². The van der Waals surface area contributed by atoms with E-state index in [9.17, 15) is 0 Å². The first-order chi connectivity index (χ1) is 35.2. The molecule has 4 bridgehead atoms. The zero-order chi connectivity index (χ0) is 46.4. The molecule has 4 fully saturated rings. The Morgan fingerprint density at radius 1 is 0.352 bits per heavy atom. The highest BCUT2D eigenvalue weighted by molar-refractivity contribution is 6.28. The van der Waals surface area contributed by atoms with Gasteiger partial charge in [0.1, 0.15) is 0 Å². The van der Waals surface area contributed by atoms with Crippen LogP contribution in [0.25, 0.3) is 70.9 Å². The molecule has 3 heteroatoms. The number of nitrogens with zero attached hydrogens (tertiary/aromatic N) is 3. The van der Waals surface area contributed by atoms with Crippen molar-refractivity contribution in [2.75, 3.05) is 9.80 Å². The van der Waals surface area contributed by atoms with Crippen LogP contribution in [0.4, 0.5) is 34.1 Å². The second kappa shape index (κ2) is 14.9. The van der Waals surface area contributed by atoms with Crippen LogP contribution in [0.1, 0.15) is 43.2 Å². The van der Waals surface area contributed by atoms with Crippen molar-refractivity contribution in [1.82, 2.24) is 4.57 Å². The van der Waals surface area contributed by atoms with Crippen LogP contribution in [0.5, 0.6) is 0 Å². The van der Waals surface area contributed by atoms with Gasteiger partial charge in [-0.3, -0.25) is 0 Å². The van der Waals surface area contributed by atoms with Gasteiger partial charge in [-0.05, 0) is 185 Å². The van der Waals surface area contributed by atoms with Gasteiger partial charge < -0.3 is 14.4 Å². The van der Waals surface area contributed by atoms with Crippen molar-refractivity contribution in [3.05, 3.63) is 236 Å². The van der Waals surface area contributed by atoms with E-state index >= 15 is 0 Å². The first-order valence-corrected chi connectivity index (χ1v) is 25.9. The summed E-state index contributed by atoms with van der Waals surface area (Å²) in [6, 6.07) is 84.5. The second-order valence-corrected chi connectivity index (χ2v) is 21.3. The Morgan fingerprint density at radius 3 is 1.51 bits per heavy atom. The Hall–Kier alpha value is -8.14. The van der Waals surface area contributed by atoms with Gasteiger partial charge in [0, 0.05) is 55.4 Å². The molecule has 338 valence electrons. The Balaban J connectivity index is 0.886. The van der Waals surface area contributed by atoms with E-state index in [-0.39, 0.29) is 5.41 Å². The molecule has 5 aliphatic carbocycles. The monoisotopic (exact) mass is 909 g/mol. The molecule has 1 aromatic heterocycles. The van der Waals surface area contributed by atoms with Crippen LogP contribution in [0.2, 0.25) is 0 Å². The Bertz CT molecular complexity index is 4050. The zero-order valence-electron chi connectivity index (χ0n) is 39.5. The van der Waals surface area contributed by atoms with Crippen molar-refractivity contribution < 1.29 is 0 Å². The van der Waals surface area contributed by atoms with Crippen LogP contribution in [-0.4, -0.2) is 4.57 Å². The van der Waals surface area contributed by atoms with E-state index in [1.54, 1.807) is 11.1 Å². The van der Waals surface area contributed by atoms with Crippen molar-refractivity contribution in [3.8, 4) is 16.8 Å². The summed E-state index contributed by atoms with van der Waals surface area (Å²) in [5.74, 6) is 3.31. The van der Waals surface area contributed by atoms with Crippen molar-refractivity contribution >= 4 is 88.2 Å². The van der Waals surface area contributed by atoms with Gasteiger partial charge in [0.2, 0.25) is 0 Å². The quantitative estimate of drug-likeness (QED) is 0.148. The first-order valence-electron chi connectivity index (χ1n) is 25.9. The molecule has 0 radical (unpaired) electrons. The minimum absolute atomic E-state index is 0.139. The molecule has 71 heavy (non-hydrogen) atoms. The molecule has 0 saturated heterocycles. The van der Waals surface area contributed by atoms with Crippen LogP contribution in [0.15, 0.2) is 224 Å². The van der Waals surface area contributed by atoms with Crippen molar-refractivity contribution in [2.24, 2.45) is 23.7 Å². The Morgan fingerprint density at radius 2 is 0.859 bits per heavy atom. The smallest absolute Gasteiger partial charge is 0.0542 e. The summed E-state index contributed by atoms with van der Waals surface area (Å²) < 4.78 is 2.40. The zero-order valence-corrected chi connectivity index (χ0v) is 39.5. The van der Waals surface area contributed by atoms with E-state index in [1.807, 2.05) is 0 Å². The van der Waals surface area contributed by atoms with Crippen LogP contribution in [0.3, 0.4) is 0 Å². The van der Waals surface area contributed by atoms with Crippen LogP contribution >= 0.6 is 0 Å². The van der Waals surface area contributed by atoms with Gasteiger partial charge in [-0.25, -0.2) is 0 Å². The summed E-state index contributed by atoms with van der Waals surface area (Å²) in [5, 5.41) is 10.0. The third-order valence-electron chi connectivity index (χ3n) is 17.9. The maximum atomic E-state index is 2.57. The summed E-state index contributed by atoms with van der Waals surface area (Å²) in [7, 11) is 0. The Kier molecular flexibility index (Phi) is 8.35. The fraction of sp³-hybridized carbons (Fsp3) is 0.147.